The Morgan fingerprint density at radius 3 is 2.93 bits per heavy atom. The Hall–Kier alpha value is -3.33. The molecule has 0 aliphatic rings. The lowest BCUT2D eigenvalue weighted by Crippen LogP contribution is -2.17. The van der Waals surface area contributed by atoms with Gasteiger partial charge in [-0.1, -0.05) is 12.1 Å². The SMILES string of the molecule is Cc1c(C(=O)Nc2cccc(Cn3cncn3)c2)sc2ncn(C)c(=O)c12. The van der Waals surface area contributed by atoms with E-state index >= 15 is 0 Å². The van der Waals surface area contributed by atoms with E-state index in [4.69, 9.17) is 0 Å². The van der Waals surface area contributed by atoms with Gasteiger partial charge in [-0.15, -0.1) is 11.3 Å². The maximum Gasteiger partial charge on any atom is 0.266 e. The third-order valence-corrected chi connectivity index (χ3v) is 5.41. The smallest absolute Gasteiger partial charge is 0.266 e. The summed E-state index contributed by atoms with van der Waals surface area (Å²) >= 11 is 1.22. The van der Waals surface area contributed by atoms with E-state index in [2.05, 4.69) is 20.4 Å². The van der Waals surface area contributed by atoms with Gasteiger partial charge >= 0.3 is 0 Å². The first-order valence-electron chi connectivity index (χ1n) is 8.20. The molecule has 3 aromatic heterocycles. The van der Waals surface area contributed by atoms with Gasteiger partial charge in [0.25, 0.3) is 11.5 Å². The number of aryl methyl sites for hydroxylation is 2. The second-order valence-corrected chi connectivity index (χ2v) is 7.14. The molecule has 0 saturated carbocycles. The summed E-state index contributed by atoms with van der Waals surface area (Å²) in [5.74, 6) is -0.254. The minimum absolute atomic E-state index is 0.150. The van der Waals surface area contributed by atoms with Crippen LogP contribution in [0.3, 0.4) is 0 Å². The third kappa shape index (κ3) is 3.24. The van der Waals surface area contributed by atoms with Crippen molar-refractivity contribution in [3.63, 3.8) is 0 Å². The van der Waals surface area contributed by atoms with E-state index in [0.29, 0.717) is 32.9 Å². The highest BCUT2D eigenvalue weighted by atomic mass is 32.1. The Morgan fingerprint density at radius 1 is 1.30 bits per heavy atom. The van der Waals surface area contributed by atoms with Gasteiger partial charge in [-0.3, -0.25) is 9.59 Å². The number of hydrogen-bond donors (Lipinski definition) is 1. The van der Waals surface area contributed by atoms with Gasteiger partial charge in [0.15, 0.2) is 0 Å². The molecule has 9 heteroatoms. The molecule has 0 saturated heterocycles. The average molecular weight is 380 g/mol. The largest absolute Gasteiger partial charge is 0.321 e. The number of rotatable bonds is 4. The molecule has 0 fully saturated rings. The first-order chi connectivity index (χ1) is 13.0. The summed E-state index contributed by atoms with van der Waals surface area (Å²) in [5, 5.41) is 7.48. The van der Waals surface area contributed by atoms with Gasteiger partial charge in [0.1, 0.15) is 17.5 Å². The zero-order chi connectivity index (χ0) is 19.0. The van der Waals surface area contributed by atoms with Gasteiger partial charge in [0, 0.05) is 12.7 Å². The van der Waals surface area contributed by atoms with Crippen molar-refractivity contribution in [3.05, 3.63) is 69.6 Å². The molecule has 0 unspecified atom stereocenters. The lowest BCUT2D eigenvalue weighted by Gasteiger charge is -2.07. The number of carbonyl (C=O) groups is 1. The van der Waals surface area contributed by atoms with Gasteiger partial charge in [-0.2, -0.15) is 5.10 Å². The lowest BCUT2D eigenvalue weighted by molar-refractivity contribution is 0.103. The summed E-state index contributed by atoms with van der Waals surface area (Å²) in [7, 11) is 1.65. The van der Waals surface area contributed by atoms with E-state index in [1.807, 2.05) is 24.3 Å². The number of carbonyl (C=O) groups excluding carboxylic acids is 1. The van der Waals surface area contributed by atoms with Crippen molar-refractivity contribution >= 4 is 33.1 Å². The van der Waals surface area contributed by atoms with Crippen molar-refractivity contribution in [2.24, 2.45) is 7.05 Å². The zero-order valence-corrected chi connectivity index (χ0v) is 15.5. The van der Waals surface area contributed by atoms with E-state index in [1.54, 1.807) is 25.0 Å². The number of thiophene rings is 1. The molecule has 0 aliphatic carbocycles. The monoisotopic (exact) mass is 380 g/mol. The molecule has 0 atom stereocenters. The second-order valence-electron chi connectivity index (χ2n) is 6.14. The Kier molecular flexibility index (Phi) is 4.28. The lowest BCUT2D eigenvalue weighted by atomic mass is 10.2. The summed E-state index contributed by atoms with van der Waals surface area (Å²) in [6.45, 7) is 2.34. The van der Waals surface area contributed by atoms with Crippen LogP contribution in [0.5, 0.6) is 0 Å². The third-order valence-electron chi connectivity index (χ3n) is 4.21. The maximum absolute atomic E-state index is 12.8. The summed E-state index contributed by atoms with van der Waals surface area (Å²) in [6, 6.07) is 7.54. The zero-order valence-electron chi connectivity index (χ0n) is 14.7. The van der Waals surface area contributed by atoms with E-state index < -0.39 is 0 Å². The highest BCUT2D eigenvalue weighted by Crippen LogP contribution is 2.27. The van der Waals surface area contributed by atoms with Crippen molar-refractivity contribution in [1.82, 2.24) is 24.3 Å². The molecule has 0 bridgehead atoms. The fourth-order valence-electron chi connectivity index (χ4n) is 2.86. The molecule has 3 heterocycles. The predicted octanol–water partition coefficient (Wildman–Crippen LogP) is 2.20. The molecule has 0 radical (unpaired) electrons. The fourth-order valence-corrected chi connectivity index (χ4v) is 3.90. The van der Waals surface area contributed by atoms with Crippen LogP contribution in [-0.4, -0.2) is 30.2 Å². The summed E-state index contributed by atoms with van der Waals surface area (Å²) in [6.07, 6.45) is 4.59. The van der Waals surface area contributed by atoms with Crippen LogP contribution in [-0.2, 0) is 13.6 Å². The van der Waals surface area contributed by atoms with Crippen molar-refractivity contribution in [2.75, 3.05) is 5.32 Å². The van der Waals surface area contributed by atoms with E-state index in [-0.39, 0.29) is 11.5 Å². The highest BCUT2D eigenvalue weighted by Gasteiger charge is 2.19. The van der Waals surface area contributed by atoms with Crippen LogP contribution in [0.4, 0.5) is 5.69 Å². The van der Waals surface area contributed by atoms with Crippen LogP contribution >= 0.6 is 11.3 Å². The second kappa shape index (κ2) is 6.76. The number of nitrogens with one attached hydrogen (secondary N) is 1. The molecule has 4 aromatic rings. The van der Waals surface area contributed by atoms with Gasteiger partial charge in [0.2, 0.25) is 0 Å². The van der Waals surface area contributed by atoms with Gasteiger partial charge in [-0.05, 0) is 30.2 Å². The molecule has 4 rings (SSSR count). The molecular weight excluding hydrogens is 364 g/mol. The van der Waals surface area contributed by atoms with E-state index in [1.165, 1.54) is 28.6 Å². The van der Waals surface area contributed by atoms with Gasteiger partial charge < -0.3 is 9.88 Å². The molecular formula is C18H16N6O2S. The average Bonchev–Trinajstić information content (AvgIpc) is 3.26. The molecule has 27 heavy (non-hydrogen) atoms. The topological polar surface area (TPSA) is 94.7 Å². The molecule has 8 nitrogen and oxygen atoms in total. The molecule has 0 spiro atoms. The van der Waals surface area contributed by atoms with Gasteiger partial charge in [0.05, 0.1) is 23.1 Å². The fraction of sp³-hybridized carbons (Fsp3) is 0.167. The van der Waals surface area contributed by atoms with Crippen LogP contribution in [0.15, 0.2) is 48.0 Å². The minimum Gasteiger partial charge on any atom is -0.321 e. The Labute approximate surface area is 158 Å². The number of aromatic nitrogens is 5. The first kappa shape index (κ1) is 17.1. The number of fused-ring (bicyclic) bond motifs is 1. The molecule has 0 aliphatic heterocycles. The number of anilines is 1. The molecule has 136 valence electrons. The molecule has 1 aromatic carbocycles. The van der Waals surface area contributed by atoms with E-state index in [0.717, 1.165) is 5.56 Å². The Morgan fingerprint density at radius 2 is 2.15 bits per heavy atom. The maximum atomic E-state index is 12.8. The first-order valence-corrected chi connectivity index (χ1v) is 9.02. The van der Waals surface area contributed by atoms with Crippen molar-refractivity contribution < 1.29 is 4.79 Å². The number of amides is 1. The van der Waals surface area contributed by atoms with Crippen LogP contribution < -0.4 is 10.9 Å². The number of nitrogens with zero attached hydrogens (tertiary/aromatic N) is 5. The van der Waals surface area contributed by atoms with Crippen LogP contribution in [0.25, 0.3) is 10.2 Å². The highest BCUT2D eigenvalue weighted by molar-refractivity contribution is 7.20. The molecule has 1 N–H and O–H groups in total. The van der Waals surface area contributed by atoms with Crippen LogP contribution in [0, 0.1) is 6.92 Å². The van der Waals surface area contributed by atoms with Gasteiger partial charge in [-0.25, -0.2) is 14.6 Å². The number of hydrogen-bond acceptors (Lipinski definition) is 6. The summed E-state index contributed by atoms with van der Waals surface area (Å²) in [5.41, 5.74) is 2.17. The standard InChI is InChI=1S/C18H16N6O2S/c1-11-14-17(20-10-23(2)18(14)26)27-15(11)16(25)22-13-5-3-4-12(6-13)7-24-9-19-8-21-24/h3-6,8-10H,7H2,1-2H3,(H,22,25). The minimum atomic E-state index is -0.254. The van der Waals surface area contributed by atoms with Crippen LogP contribution in [0.1, 0.15) is 20.8 Å². The summed E-state index contributed by atoms with van der Waals surface area (Å²) in [4.78, 5) is 34.3. The summed E-state index contributed by atoms with van der Waals surface area (Å²) < 4.78 is 3.12. The normalized spacial score (nSPS) is 11.0. The predicted molar refractivity (Wildman–Crippen MR) is 103 cm³/mol. The van der Waals surface area contributed by atoms with E-state index in [9.17, 15) is 9.59 Å². The van der Waals surface area contributed by atoms with Crippen molar-refractivity contribution in [1.29, 1.82) is 0 Å². The number of benzene rings is 1. The van der Waals surface area contributed by atoms with Crippen molar-refractivity contribution in [3.8, 4) is 0 Å². The quantitative estimate of drug-likeness (QED) is 0.586. The van der Waals surface area contributed by atoms with Crippen molar-refractivity contribution in [2.45, 2.75) is 13.5 Å². The van der Waals surface area contributed by atoms with Crippen LogP contribution in [0.2, 0.25) is 0 Å². The Bertz CT molecular complexity index is 1190. The molecule has 1 amide bonds. The Balaban J connectivity index is 1.61.